The maximum absolute atomic E-state index is 13.0. The lowest BCUT2D eigenvalue weighted by Crippen LogP contribution is -2.40. The van der Waals surface area contributed by atoms with Gasteiger partial charge in [0, 0.05) is 12.3 Å². The van der Waals surface area contributed by atoms with Crippen molar-refractivity contribution in [2.75, 3.05) is 0 Å². The van der Waals surface area contributed by atoms with E-state index in [2.05, 4.69) is 39.9 Å². The Hall–Kier alpha value is -1.13. The molecule has 4 atom stereocenters. The molecular weight excluding hydrogens is 400 g/mol. The van der Waals surface area contributed by atoms with E-state index in [0.717, 1.165) is 37.7 Å². The molecule has 0 bridgehead atoms. The van der Waals surface area contributed by atoms with Crippen molar-refractivity contribution in [2.24, 2.45) is 23.7 Å². The van der Waals surface area contributed by atoms with Crippen LogP contribution < -0.4 is 0 Å². The van der Waals surface area contributed by atoms with Gasteiger partial charge in [-0.1, -0.05) is 58.6 Å². The number of unbranched alkanes of at least 4 members (excludes halogenated alkanes) is 2. The monoisotopic (exact) mass is 444 g/mol. The van der Waals surface area contributed by atoms with Crippen LogP contribution in [0.5, 0.6) is 5.75 Å². The van der Waals surface area contributed by atoms with E-state index < -0.39 is 8.32 Å². The van der Waals surface area contributed by atoms with Crippen molar-refractivity contribution in [3.05, 3.63) is 29.3 Å². The van der Waals surface area contributed by atoms with E-state index in [1.54, 1.807) is 6.07 Å². The van der Waals surface area contributed by atoms with E-state index in [-0.39, 0.29) is 11.0 Å². The third-order valence-electron chi connectivity index (χ3n) is 8.73. The molecule has 2 aliphatic rings. The van der Waals surface area contributed by atoms with Gasteiger partial charge in [-0.05, 0) is 85.2 Å². The van der Waals surface area contributed by atoms with Gasteiger partial charge >= 0.3 is 0 Å². The summed E-state index contributed by atoms with van der Waals surface area (Å²) in [5, 5.41) is 10.3. The number of Topliss-reactive ketones (excluding diaryl/α,β-unsaturated/α-hetero) is 1. The molecule has 3 nitrogen and oxygen atoms in total. The van der Waals surface area contributed by atoms with Crippen LogP contribution in [0.3, 0.4) is 0 Å². The molecule has 2 aliphatic carbocycles. The summed E-state index contributed by atoms with van der Waals surface area (Å²) in [6.07, 6.45) is 10.6. The van der Waals surface area contributed by atoms with Crippen LogP contribution >= 0.6 is 0 Å². The van der Waals surface area contributed by atoms with Gasteiger partial charge in [-0.25, -0.2) is 0 Å². The minimum atomic E-state index is -2.23. The van der Waals surface area contributed by atoms with E-state index in [1.807, 2.05) is 6.07 Å². The summed E-state index contributed by atoms with van der Waals surface area (Å²) in [6.45, 7) is 10.9. The Labute approximate surface area is 190 Å². The topological polar surface area (TPSA) is 57.5 Å². The van der Waals surface area contributed by atoms with Crippen molar-refractivity contribution in [3.63, 3.8) is 0 Å². The predicted molar refractivity (Wildman–Crippen MR) is 131 cm³/mol. The first-order chi connectivity index (χ1) is 14.5. The highest BCUT2D eigenvalue weighted by Crippen LogP contribution is 2.48. The molecule has 1 aromatic rings. The number of carbonyl (C=O) groups is 1. The average Bonchev–Trinajstić information content (AvgIpc) is 2.98. The maximum atomic E-state index is 13.0. The zero-order valence-electron chi connectivity index (χ0n) is 20.4. The summed E-state index contributed by atoms with van der Waals surface area (Å²) in [7, 11) is -2.23. The largest absolute Gasteiger partial charge is 0.508 e. The van der Waals surface area contributed by atoms with Gasteiger partial charge in [-0.2, -0.15) is 0 Å². The zero-order chi connectivity index (χ0) is 22.8. The number of ketones is 1. The van der Waals surface area contributed by atoms with Crippen LogP contribution in [0.4, 0.5) is 0 Å². The first-order valence-electron chi connectivity index (χ1n) is 12.6. The number of hydrogen-bond donors (Lipinski definition) is 2. The lowest BCUT2D eigenvalue weighted by Gasteiger charge is -2.38. The second-order valence-electron chi connectivity index (χ2n) is 11.6. The fourth-order valence-electron chi connectivity index (χ4n) is 6.02. The van der Waals surface area contributed by atoms with Gasteiger partial charge in [-0.3, -0.25) is 4.79 Å². The molecular formula is C27H44O3Si. The lowest BCUT2D eigenvalue weighted by molar-refractivity contribution is -0.121. The second-order valence-corrected chi connectivity index (χ2v) is 16.1. The molecule has 1 saturated carbocycles. The van der Waals surface area contributed by atoms with Gasteiger partial charge in [0.15, 0.2) is 8.32 Å². The summed E-state index contributed by atoms with van der Waals surface area (Å²) >= 11 is 0. The smallest absolute Gasteiger partial charge is 0.188 e. The Balaban J connectivity index is 1.68. The molecule has 3 unspecified atom stereocenters. The van der Waals surface area contributed by atoms with Crippen LogP contribution in [0.1, 0.15) is 83.3 Å². The number of benzene rings is 1. The Kier molecular flexibility index (Phi) is 7.73. The van der Waals surface area contributed by atoms with Gasteiger partial charge in [0.1, 0.15) is 11.5 Å². The summed E-state index contributed by atoms with van der Waals surface area (Å²) < 4.78 is 0. The number of phenolic OH excluding ortho intramolecular Hbond substituents is 1. The number of aromatic hydroxyl groups is 1. The third-order valence-corrected chi connectivity index (χ3v) is 12.2. The summed E-state index contributed by atoms with van der Waals surface area (Å²) in [4.78, 5) is 23.8. The van der Waals surface area contributed by atoms with E-state index in [9.17, 15) is 14.7 Å². The van der Waals surface area contributed by atoms with E-state index in [1.165, 1.54) is 31.2 Å². The molecule has 2 N–H and O–H groups in total. The molecule has 0 aromatic heterocycles. The maximum Gasteiger partial charge on any atom is 0.188 e. The van der Waals surface area contributed by atoms with Gasteiger partial charge in [0.25, 0.3) is 0 Å². The molecule has 1 fully saturated rings. The normalized spacial score (nSPS) is 24.7. The molecule has 174 valence electrons. The van der Waals surface area contributed by atoms with E-state index in [4.69, 9.17) is 0 Å². The average molecular weight is 445 g/mol. The Morgan fingerprint density at radius 1 is 1.13 bits per heavy atom. The number of phenols is 1. The minimum absolute atomic E-state index is 0.00654. The highest BCUT2D eigenvalue weighted by Gasteiger charge is 2.45. The molecule has 0 radical (unpaired) electrons. The molecule has 31 heavy (non-hydrogen) atoms. The van der Waals surface area contributed by atoms with Crippen molar-refractivity contribution in [1.29, 1.82) is 0 Å². The molecule has 0 spiro atoms. The predicted octanol–water partition coefficient (Wildman–Crippen LogP) is 6.66. The molecule has 3 rings (SSSR count). The van der Waals surface area contributed by atoms with Gasteiger partial charge in [0.05, 0.1) is 0 Å². The van der Waals surface area contributed by atoms with Gasteiger partial charge < -0.3 is 9.90 Å². The Bertz CT molecular complexity index is 764. The zero-order valence-corrected chi connectivity index (χ0v) is 21.4. The first kappa shape index (κ1) is 24.5. The van der Waals surface area contributed by atoms with Gasteiger partial charge in [-0.15, -0.1) is 0 Å². The minimum Gasteiger partial charge on any atom is -0.508 e. The molecule has 0 aliphatic heterocycles. The van der Waals surface area contributed by atoms with E-state index in [0.29, 0.717) is 35.7 Å². The van der Waals surface area contributed by atoms with Crippen LogP contribution in [-0.2, 0) is 17.6 Å². The number of rotatable bonds is 10. The Morgan fingerprint density at radius 2 is 1.87 bits per heavy atom. The highest BCUT2D eigenvalue weighted by molar-refractivity contribution is 6.72. The lowest BCUT2D eigenvalue weighted by atomic mass is 9.73. The van der Waals surface area contributed by atoms with Crippen molar-refractivity contribution in [1.82, 2.24) is 0 Å². The molecule has 1 aromatic carbocycles. The number of hydrogen-bond acceptors (Lipinski definition) is 3. The summed E-state index contributed by atoms with van der Waals surface area (Å²) in [5.41, 5.74) is 2.32. The van der Waals surface area contributed by atoms with E-state index >= 15 is 0 Å². The van der Waals surface area contributed by atoms with Crippen LogP contribution in [0.2, 0.25) is 18.1 Å². The third kappa shape index (κ3) is 5.62. The van der Waals surface area contributed by atoms with Crippen LogP contribution in [0, 0.1) is 23.7 Å². The fraction of sp³-hybridized carbons (Fsp3) is 0.741. The van der Waals surface area contributed by atoms with Crippen LogP contribution in [0.15, 0.2) is 18.2 Å². The summed E-state index contributed by atoms with van der Waals surface area (Å²) in [5.74, 6) is 2.46. The first-order valence-corrected chi connectivity index (χ1v) is 15.5. The second kappa shape index (κ2) is 9.78. The molecule has 0 amide bonds. The molecule has 4 heteroatoms. The SMILES string of the molecule is CCCCCC(CC[C@@H]1C(=O)CC2Cc3c(O)cccc3CC21)CC(C)(C)[Si](C)(C)O. The molecule has 0 heterocycles. The van der Waals surface area contributed by atoms with Crippen molar-refractivity contribution >= 4 is 14.1 Å². The van der Waals surface area contributed by atoms with Crippen molar-refractivity contribution in [3.8, 4) is 5.75 Å². The number of carbonyl (C=O) groups excluding carboxylic acids is 1. The van der Waals surface area contributed by atoms with Crippen molar-refractivity contribution in [2.45, 2.75) is 103 Å². The molecule has 0 saturated heterocycles. The van der Waals surface area contributed by atoms with Crippen LogP contribution in [0.25, 0.3) is 0 Å². The summed E-state index contributed by atoms with van der Waals surface area (Å²) in [6, 6.07) is 5.85. The quantitative estimate of drug-likeness (QED) is 0.313. The fourth-order valence-corrected chi connectivity index (χ4v) is 6.81. The van der Waals surface area contributed by atoms with Crippen molar-refractivity contribution < 1.29 is 14.7 Å². The Morgan fingerprint density at radius 3 is 2.55 bits per heavy atom. The van der Waals surface area contributed by atoms with Gasteiger partial charge in [0.2, 0.25) is 0 Å². The number of fused-ring (bicyclic) bond motifs is 2. The standard InChI is InChI=1S/C27H44O3Si/c1-6-7-8-10-19(18-27(2,3)31(4,5)30)13-14-22-23-15-20-11-9-12-25(28)24(20)16-21(23)17-26(22)29/h9,11-12,19,21-23,28,30H,6-8,10,13-18H2,1-5H3/t19?,21?,22-,23?/m0/s1. The highest BCUT2D eigenvalue weighted by atomic mass is 28.4. The van der Waals surface area contributed by atoms with Crippen LogP contribution in [-0.4, -0.2) is 24.0 Å².